The summed E-state index contributed by atoms with van der Waals surface area (Å²) in [4.78, 5) is 28.5. The van der Waals surface area contributed by atoms with Crippen LogP contribution >= 0.6 is 0 Å². The van der Waals surface area contributed by atoms with E-state index in [9.17, 15) is 18.4 Å². The van der Waals surface area contributed by atoms with E-state index < -0.39 is 29.0 Å². The second kappa shape index (κ2) is 7.98. The summed E-state index contributed by atoms with van der Waals surface area (Å²) >= 11 is 0. The molecule has 0 unspecified atom stereocenters. The molecule has 2 aliphatic rings. The van der Waals surface area contributed by atoms with Crippen molar-refractivity contribution in [3.63, 3.8) is 0 Å². The number of nitrogens with zero attached hydrogens (tertiary/aromatic N) is 2. The summed E-state index contributed by atoms with van der Waals surface area (Å²) in [5, 5.41) is 2.34. The van der Waals surface area contributed by atoms with E-state index in [4.69, 9.17) is 9.47 Å². The Morgan fingerprint density at radius 3 is 2.72 bits per heavy atom. The van der Waals surface area contributed by atoms with E-state index >= 15 is 4.39 Å². The van der Waals surface area contributed by atoms with Gasteiger partial charge in [-0.05, 0) is 30.9 Å². The number of benzene rings is 1. The van der Waals surface area contributed by atoms with Gasteiger partial charge in [-0.3, -0.25) is 14.7 Å². The molecule has 1 fully saturated rings. The molecule has 32 heavy (non-hydrogen) atoms. The monoisotopic (exact) mass is 447 g/mol. The molecule has 1 aliphatic carbocycles. The van der Waals surface area contributed by atoms with Crippen molar-refractivity contribution in [3.05, 3.63) is 57.5 Å². The Balaban J connectivity index is 1.76. The SMILES string of the molecule is COCc1cc(=O)n(Cc2cc3c(cc2F)[C@@](C#CC2CC2)(C(C)(F)F)OC(=O)N3)cn1. The Morgan fingerprint density at radius 1 is 1.34 bits per heavy atom. The van der Waals surface area contributed by atoms with Crippen molar-refractivity contribution in [2.24, 2.45) is 5.92 Å². The lowest BCUT2D eigenvalue weighted by molar-refractivity contribution is -0.142. The minimum Gasteiger partial charge on any atom is -0.418 e. The normalized spacial score (nSPS) is 20.0. The minimum atomic E-state index is -3.60. The molecule has 1 N–H and O–H groups in total. The van der Waals surface area contributed by atoms with E-state index in [0.29, 0.717) is 12.6 Å². The summed E-state index contributed by atoms with van der Waals surface area (Å²) in [7, 11) is 1.46. The van der Waals surface area contributed by atoms with Gasteiger partial charge in [-0.1, -0.05) is 5.92 Å². The van der Waals surface area contributed by atoms with Gasteiger partial charge in [0, 0.05) is 37.1 Å². The average molecular weight is 447 g/mol. The van der Waals surface area contributed by atoms with Crippen molar-refractivity contribution in [1.29, 1.82) is 0 Å². The molecule has 2 aromatic rings. The Bertz CT molecular complexity index is 1190. The van der Waals surface area contributed by atoms with E-state index in [1.54, 1.807) is 0 Å². The lowest BCUT2D eigenvalue weighted by Gasteiger charge is -2.38. The van der Waals surface area contributed by atoms with Crippen molar-refractivity contribution >= 4 is 11.8 Å². The Kier molecular flexibility index (Phi) is 5.46. The molecule has 1 aliphatic heterocycles. The fourth-order valence-corrected chi connectivity index (χ4v) is 3.42. The number of aromatic nitrogens is 2. The quantitative estimate of drug-likeness (QED) is 0.711. The summed E-state index contributed by atoms with van der Waals surface area (Å²) < 4.78 is 55.5. The van der Waals surface area contributed by atoms with Gasteiger partial charge in [-0.2, -0.15) is 0 Å². The van der Waals surface area contributed by atoms with Gasteiger partial charge >= 0.3 is 6.09 Å². The van der Waals surface area contributed by atoms with E-state index in [-0.39, 0.29) is 35.9 Å². The molecule has 7 nitrogen and oxygen atoms in total. The number of amides is 1. The van der Waals surface area contributed by atoms with Gasteiger partial charge in [-0.15, -0.1) is 0 Å². The van der Waals surface area contributed by atoms with Crippen LogP contribution in [0.25, 0.3) is 0 Å². The summed E-state index contributed by atoms with van der Waals surface area (Å²) in [6.07, 6.45) is 1.67. The highest BCUT2D eigenvalue weighted by Crippen LogP contribution is 2.47. The highest BCUT2D eigenvalue weighted by atomic mass is 19.3. The number of alkyl halides is 2. The number of cyclic esters (lactones) is 1. The number of carbonyl (C=O) groups excluding carboxylic acids is 1. The van der Waals surface area contributed by atoms with Gasteiger partial charge < -0.3 is 9.47 Å². The first-order valence-corrected chi connectivity index (χ1v) is 9.90. The van der Waals surface area contributed by atoms with Crippen LogP contribution < -0.4 is 10.9 Å². The Hall–Kier alpha value is -3.32. The number of hydrogen-bond donors (Lipinski definition) is 1. The summed E-state index contributed by atoms with van der Waals surface area (Å²) in [5.74, 6) is 0.633. The van der Waals surface area contributed by atoms with Crippen LogP contribution in [0.3, 0.4) is 0 Å². The molecule has 1 aromatic heterocycles. The molecular formula is C22H20F3N3O4. The molecule has 1 saturated carbocycles. The zero-order chi connectivity index (χ0) is 23.1. The first-order valence-electron chi connectivity index (χ1n) is 9.90. The zero-order valence-electron chi connectivity index (χ0n) is 17.4. The van der Waals surface area contributed by atoms with Crippen LogP contribution in [0.4, 0.5) is 23.7 Å². The minimum absolute atomic E-state index is 0.00202. The van der Waals surface area contributed by atoms with Crippen molar-refractivity contribution in [2.75, 3.05) is 12.4 Å². The third kappa shape index (κ3) is 4.08. The van der Waals surface area contributed by atoms with Gasteiger partial charge in [-0.25, -0.2) is 22.9 Å². The predicted octanol–water partition coefficient (Wildman–Crippen LogP) is 3.40. The van der Waals surface area contributed by atoms with Crippen molar-refractivity contribution in [2.45, 2.75) is 44.4 Å². The lowest BCUT2D eigenvalue weighted by Crippen LogP contribution is -2.50. The molecule has 4 rings (SSSR count). The summed E-state index contributed by atoms with van der Waals surface area (Å²) in [5.41, 5.74) is -2.99. The predicted molar refractivity (Wildman–Crippen MR) is 108 cm³/mol. The third-order valence-corrected chi connectivity index (χ3v) is 5.27. The first-order chi connectivity index (χ1) is 15.1. The smallest absolute Gasteiger partial charge is 0.413 e. The number of ether oxygens (including phenoxy) is 2. The fraction of sp³-hybridized carbons (Fsp3) is 0.409. The van der Waals surface area contributed by atoms with Crippen LogP contribution in [0, 0.1) is 23.6 Å². The number of rotatable bonds is 5. The van der Waals surface area contributed by atoms with Crippen LogP contribution in [0.1, 0.15) is 36.6 Å². The van der Waals surface area contributed by atoms with Crippen LogP contribution in [0.5, 0.6) is 0 Å². The maximum Gasteiger partial charge on any atom is 0.413 e. The van der Waals surface area contributed by atoms with Crippen LogP contribution in [0.15, 0.2) is 29.3 Å². The average Bonchev–Trinajstić information content (AvgIpc) is 3.53. The molecule has 0 radical (unpaired) electrons. The highest BCUT2D eigenvalue weighted by Gasteiger charge is 2.58. The molecule has 1 atom stereocenters. The number of methoxy groups -OCH3 is 1. The van der Waals surface area contributed by atoms with Gasteiger partial charge in [0.2, 0.25) is 0 Å². The topological polar surface area (TPSA) is 82.5 Å². The van der Waals surface area contributed by atoms with Crippen molar-refractivity contribution < 1.29 is 27.4 Å². The molecule has 1 amide bonds. The Labute approximate surface area is 181 Å². The fourth-order valence-electron chi connectivity index (χ4n) is 3.42. The maximum absolute atomic E-state index is 15.0. The van der Waals surface area contributed by atoms with E-state index in [2.05, 4.69) is 22.1 Å². The van der Waals surface area contributed by atoms with E-state index in [1.165, 1.54) is 25.6 Å². The van der Waals surface area contributed by atoms with Gasteiger partial charge in [0.05, 0.1) is 30.9 Å². The molecule has 0 saturated heterocycles. The molecule has 0 bridgehead atoms. The maximum atomic E-state index is 15.0. The van der Waals surface area contributed by atoms with Crippen LogP contribution in [-0.2, 0) is 28.2 Å². The molecule has 2 heterocycles. The van der Waals surface area contributed by atoms with Crippen molar-refractivity contribution in [1.82, 2.24) is 9.55 Å². The van der Waals surface area contributed by atoms with Gasteiger partial charge in [0.15, 0.2) is 0 Å². The van der Waals surface area contributed by atoms with Gasteiger partial charge in [0.1, 0.15) is 5.82 Å². The molecule has 1 aromatic carbocycles. The summed E-state index contributed by atoms with van der Waals surface area (Å²) in [6.45, 7) is 0.498. The van der Waals surface area contributed by atoms with Crippen LogP contribution in [0.2, 0.25) is 0 Å². The van der Waals surface area contributed by atoms with E-state index in [0.717, 1.165) is 23.5 Å². The van der Waals surface area contributed by atoms with Crippen molar-refractivity contribution in [3.8, 4) is 11.8 Å². The number of carbonyl (C=O) groups is 1. The van der Waals surface area contributed by atoms with E-state index in [1.807, 2.05) is 0 Å². The Morgan fingerprint density at radius 2 is 2.09 bits per heavy atom. The molecule has 10 heteroatoms. The number of hydrogen-bond acceptors (Lipinski definition) is 5. The molecular weight excluding hydrogens is 427 g/mol. The molecule has 0 spiro atoms. The number of anilines is 1. The third-order valence-electron chi connectivity index (χ3n) is 5.27. The first kappa shape index (κ1) is 21.9. The largest absolute Gasteiger partial charge is 0.418 e. The van der Waals surface area contributed by atoms with Crippen LogP contribution in [-0.4, -0.2) is 28.7 Å². The number of halogens is 3. The second-order valence-corrected chi connectivity index (χ2v) is 7.90. The number of fused-ring (bicyclic) bond motifs is 1. The van der Waals surface area contributed by atoms with Gasteiger partial charge in [0.25, 0.3) is 17.1 Å². The highest BCUT2D eigenvalue weighted by molar-refractivity contribution is 5.90. The summed E-state index contributed by atoms with van der Waals surface area (Å²) in [6, 6.07) is 3.34. The zero-order valence-corrected chi connectivity index (χ0v) is 17.4. The standard InChI is InChI=1S/C22H20F3N3O4/c1-21(24,25)22(6-5-13-3-4-13)16-9-17(23)14(7-18(16)27-20(30)32-22)10-28-12-26-15(11-31-2)8-19(28)29/h7-9,12-13H,3-4,10-11H2,1-2H3,(H,27,30)/t22-/m0/s1. The second-order valence-electron chi connectivity index (χ2n) is 7.90. The number of nitrogens with one attached hydrogen (secondary N) is 1. The molecule has 168 valence electrons. The lowest BCUT2D eigenvalue weighted by atomic mass is 9.85.